The van der Waals surface area contributed by atoms with E-state index in [1.165, 1.54) is 23.9 Å². The van der Waals surface area contributed by atoms with Crippen LogP contribution in [-0.4, -0.2) is 33.4 Å². The number of ketones is 2. The Kier molecular flexibility index (Phi) is 3.40. The van der Waals surface area contributed by atoms with Crippen LogP contribution >= 0.6 is 0 Å². The largest absolute Gasteiger partial charge is 0.479 e. The summed E-state index contributed by atoms with van der Waals surface area (Å²) in [4.78, 5) is 35.6. The number of nitro benzene ring substituents is 1. The molecule has 4 rings (SSSR count). The topological polar surface area (TPSA) is 104 Å². The number of hydrogen-bond acceptors (Lipinski definition) is 6. The maximum atomic E-state index is 12.6. The van der Waals surface area contributed by atoms with Crippen LogP contribution in [0, 0.1) is 10.1 Å². The third kappa shape index (κ3) is 2.12. The molecule has 0 bridgehead atoms. The van der Waals surface area contributed by atoms with Crippen molar-refractivity contribution >= 4 is 17.3 Å². The van der Waals surface area contributed by atoms with Crippen LogP contribution in [0.15, 0.2) is 48.5 Å². The number of para-hydroxylation sites is 1. The summed E-state index contributed by atoms with van der Waals surface area (Å²) < 4.78 is 6.70. The van der Waals surface area contributed by atoms with Crippen LogP contribution in [0.5, 0.6) is 5.88 Å². The van der Waals surface area contributed by atoms with Gasteiger partial charge in [-0.25, -0.2) is 4.68 Å². The number of nitrogens with zero attached hydrogens (tertiary/aromatic N) is 3. The second-order valence-corrected chi connectivity index (χ2v) is 5.63. The van der Waals surface area contributed by atoms with E-state index in [9.17, 15) is 19.7 Å². The molecule has 0 spiro atoms. The van der Waals surface area contributed by atoms with Gasteiger partial charge >= 0.3 is 0 Å². The molecule has 1 aliphatic rings. The minimum absolute atomic E-state index is 0.0172. The lowest BCUT2D eigenvalue weighted by Crippen LogP contribution is -2.22. The Labute approximate surface area is 146 Å². The number of nitro groups is 1. The Bertz CT molecular complexity index is 1090. The number of ether oxygens (including phenoxy) is 1. The zero-order chi connectivity index (χ0) is 18.4. The van der Waals surface area contributed by atoms with Gasteiger partial charge in [-0.05, 0) is 18.2 Å². The van der Waals surface area contributed by atoms with Crippen molar-refractivity contribution in [2.45, 2.75) is 0 Å². The number of Topliss-reactive ketones (excluding diaryl/α,β-unsaturated/α-hetero) is 2. The molecule has 0 saturated carbocycles. The predicted molar refractivity (Wildman–Crippen MR) is 90.9 cm³/mol. The number of benzene rings is 2. The summed E-state index contributed by atoms with van der Waals surface area (Å²) in [5.41, 5.74) is 1.22. The number of rotatable bonds is 3. The van der Waals surface area contributed by atoms with E-state index in [2.05, 4.69) is 5.10 Å². The van der Waals surface area contributed by atoms with Gasteiger partial charge in [-0.3, -0.25) is 19.7 Å². The van der Waals surface area contributed by atoms with Crippen molar-refractivity contribution in [1.29, 1.82) is 0 Å². The van der Waals surface area contributed by atoms with Gasteiger partial charge in [-0.1, -0.05) is 18.2 Å². The summed E-state index contributed by atoms with van der Waals surface area (Å²) in [5.74, 6) is -1.58. The summed E-state index contributed by atoms with van der Waals surface area (Å²) in [6, 6.07) is 12.9. The van der Waals surface area contributed by atoms with E-state index in [-0.39, 0.29) is 22.7 Å². The molecule has 2 aromatic carbocycles. The first-order valence-electron chi connectivity index (χ1n) is 7.63. The van der Waals surface area contributed by atoms with Gasteiger partial charge in [0.1, 0.15) is 5.56 Å². The molecular weight excluding hydrogens is 338 g/mol. The molecule has 0 fully saturated rings. The average molecular weight is 349 g/mol. The van der Waals surface area contributed by atoms with Crippen LogP contribution in [0.4, 0.5) is 5.69 Å². The molecule has 3 aromatic rings. The lowest BCUT2D eigenvalue weighted by Gasteiger charge is -2.16. The minimum Gasteiger partial charge on any atom is -0.479 e. The van der Waals surface area contributed by atoms with Crippen molar-refractivity contribution in [2.75, 3.05) is 7.11 Å². The molecule has 8 heteroatoms. The highest BCUT2D eigenvalue weighted by atomic mass is 16.6. The van der Waals surface area contributed by atoms with Gasteiger partial charge in [0, 0.05) is 23.3 Å². The van der Waals surface area contributed by atoms with Crippen LogP contribution in [0.25, 0.3) is 16.9 Å². The summed E-state index contributed by atoms with van der Waals surface area (Å²) >= 11 is 0. The SMILES string of the molecule is COc1nn(-c2ccccc2)c2c1C(=O)C(=O)c1cc([N+](=O)[O-])ccc1-2. The summed E-state index contributed by atoms with van der Waals surface area (Å²) in [5, 5.41) is 15.3. The van der Waals surface area contributed by atoms with Gasteiger partial charge in [-0.2, -0.15) is 0 Å². The summed E-state index contributed by atoms with van der Waals surface area (Å²) in [7, 11) is 1.36. The molecule has 0 N–H and O–H groups in total. The third-order valence-corrected chi connectivity index (χ3v) is 4.19. The molecule has 0 atom stereocenters. The molecule has 1 aromatic heterocycles. The molecule has 8 nitrogen and oxygen atoms in total. The fourth-order valence-electron chi connectivity index (χ4n) is 3.03. The lowest BCUT2D eigenvalue weighted by molar-refractivity contribution is -0.384. The first-order chi connectivity index (χ1) is 12.5. The predicted octanol–water partition coefficient (Wildman–Crippen LogP) is 2.84. The number of fused-ring (bicyclic) bond motifs is 3. The van der Waals surface area contributed by atoms with Gasteiger partial charge in [0.25, 0.3) is 5.69 Å². The van der Waals surface area contributed by atoms with Gasteiger partial charge in [0.05, 0.1) is 23.4 Å². The van der Waals surface area contributed by atoms with E-state index in [1.807, 2.05) is 18.2 Å². The highest BCUT2D eigenvalue weighted by molar-refractivity contribution is 6.53. The first kappa shape index (κ1) is 15.7. The summed E-state index contributed by atoms with van der Waals surface area (Å²) in [6.07, 6.45) is 0. The van der Waals surface area contributed by atoms with Crippen LogP contribution in [0.2, 0.25) is 0 Å². The molecule has 26 heavy (non-hydrogen) atoms. The highest BCUT2D eigenvalue weighted by Gasteiger charge is 2.38. The van der Waals surface area contributed by atoms with Gasteiger partial charge in [0.2, 0.25) is 17.4 Å². The van der Waals surface area contributed by atoms with Gasteiger partial charge in [0.15, 0.2) is 0 Å². The Morgan fingerprint density at radius 1 is 1.04 bits per heavy atom. The highest BCUT2D eigenvalue weighted by Crippen LogP contribution is 2.40. The molecular formula is C18H11N3O5. The first-order valence-corrected chi connectivity index (χ1v) is 7.63. The van der Waals surface area contributed by atoms with Crippen LogP contribution < -0.4 is 4.74 Å². The molecule has 0 aliphatic heterocycles. The fraction of sp³-hybridized carbons (Fsp3) is 0.0556. The Morgan fingerprint density at radius 2 is 1.77 bits per heavy atom. The fourth-order valence-corrected chi connectivity index (χ4v) is 3.03. The number of hydrogen-bond donors (Lipinski definition) is 0. The van der Waals surface area contributed by atoms with E-state index in [1.54, 1.807) is 12.1 Å². The zero-order valence-corrected chi connectivity index (χ0v) is 13.5. The van der Waals surface area contributed by atoms with Crippen LogP contribution in [0.1, 0.15) is 20.7 Å². The monoisotopic (exact) mass is 349 g/mol. The molecule has 1 aliphatic carbocycles. The Hall–Kier alpha value is -3.81. The van der Waals surface area contributed by atoms with Crippen molar-refractivity contribution in [3.8, 4) is 22.8 Å². The van der Waals surface area contributed by atoms with Gasteiger partial charge in [-0.15, -0.1) is 5.10 Å². The molecule has 1 heterocycles. The quantitative estimate of drug-likeness (QED) is 0.409. The number of carbonyl (C=O) groups is 2. The average Bonchev–Trinajstić information content (AvgIpc) is 3.06. The molecule has 0 radical (unpaired) electrons. The van der Waals surface area contributed by atoms with E-state index < -0.39 is 16.5 Å². The zero-order valence-electron chi connectivity index (χ0n) is 13.5. The van der Waals surface area contributed by atoms with Crippen molar-refractivity contribution < 1.29 is 19.2 Å². The van der Waals surface area contributed by atoms with Crippen LogP contribution in [-0.2, 0) is 0 Å². The lowest BCUT2D eigenvalue weighted by atomic mass is 9.87. The van der Waals surface area contributed by atoms with E-state index >= 15 is 0 Å². The maximum absolute atomic E-state index is 12.6. The second kappa shape index (κ2) is 5.62. The number of non-ortho nitro benzene ring substituents is 1. The number of methoxy groups -OCH3 is 1. The van der Waals surface area contributed by atoms with Crippen LogP contribution in [0.3, 0.4) is 0 Å². The van der Waals surface area contributed by atoms with Gasteiger partial charge < -0.3 is 4.74 Å². The smallest absolute Gasteiger partial charge is 0.270 e. The van der Waals surface area contributed by atoms with E-state index in [0.717, 1.165) is 6.07 Å². The molecule has 128 valence electrons. The second-order valence-electron chi connectivity index (χ2n) is 5.63. The Morgan fingerprint density at radius 3 is 2.42 bits per heavy atom. The van der Waals surface area contributed by atoms with Crippen molar-refractivity contribution in [3.63, 3.8) is 0 Å². The number of aromatic nitrogens is 2. The van der Waals surface area contributed by atoms with Crippen molar-refractivity contribution in [2.24, 2.45) is 0 Å². The van der Waals surface area contributed by atoms with E-state index in [0.29, 0.717) is 16.9 Å². The minimum atomic E-state index is -0.817. The third-order valence-electron chi connectivity index (χ3n) is 4.19. The van der Waals surface area contributed by atoms with E-state index in [4.69, 9.17) is 4.74 Å². The summed E-state index contributed by atoms with van der Waals surface area (Å²) in [6.45, 7) is 0. The number of carbonyl (C=O) groups excluding carboxylic acids is 2. The van der Waals surface area contributed by atoms with Crippen molar-refractivity contribution in [1.82, 2.24) is 9.78 Å². The standard InChI is InChI=1S/C18H11N3O5/c1-26-18-14-15(20(19-18)10-5-3-2-4-6-10)12-8-7-11(21(24)25)9-13(12)16(22)17(14)23/h2-9H,1H3. The van der Waals surface area contributed by atoms with Crippen molar-refractivity contribution in [3.05, 3.63) is 69.8 Å². The normalized spacial score (nSPS) is 12.5. The maximum Gasteiger partial charge on any atom is 0.270 e. The molecule has 0 amide bonds. The molecule has 0 unspecified atom stereocenters. The molecule has 0 saturated heterocycles. The Balaban J connectivity index is 2.07.